The molecule has 112 valence electrons. The molecule has 3 aromatic rings. The van der Waals surface area contributed by atoms with Crippen LogP contribution in [0.1, 0.15) is 18.2 Å². The van der Waals surface area contributed by atoms with Crippen LogP contribution in [0, 0.1) is 0 Å². The highest BCUT2D eigenvalue weighted by Crippen LogP contribution is 2.31. The highest BCUT2D eigenvalue weighted by molar-refractivity contribution is 6.33. The van der Waals surface area contributed by atoms with Crippen molar-refractivity contribution >= 4 is 11.6 Å². The zero-order chi connectivity index (χ0) is 14.9. The molecule has 1 aromatic carbocycles. The second-order valence-electron chi connectivity index (χ2n) is 5.13. The van der Waals surface area contributed by atoms with Gasteiger partial charge in [-0.2, -0.15) is 10.1 Å². The third-order valence-corrected chi connectivity index (χ3v) is 4.02. The Bertz CT molecular complexity index is 779. The predicted molar refractivity (Wildman–Crippen MR) is 80.0 cm³/mol. The van der Waals surface area contributed by atoms with Crippen molar-refractivity contribution in [2.45, 2.75) is 12.3 Å². The number of nitrogens with zero attached hydrogens (tertiary/aromatic N) is 4. The first-order chi connectivity index (χ1) is 10.8. The summed E-state index contributed by atoms with van der Waals surface area (Å²) in [4.78, 5) is 4.47. The lowest BCUT2D eigenvalue weighted by Crippen LogP contribution is -1.99. The molecule has 1 saturated heterocycles. The molecular formula is C15H13ClN4O2. The minimum atomic E-state index is 0.200. The lowest BCUT2D eigenvalue weighted by atomic mass is 10.1. The highest BCUT2D eigenvalue weighted by atomic mass is 35.5. The van der Waals surface area contributed by atoms with E-state index in [1.54, 1.807) is 16.9 Å². The first-order valence-electron chi connectivity index (χ1n) is 7.02. The number of hydrogen-bond acceptors (Lipinski definition) is 5. The smallest absolute Gasteiger partial charge is 0.259 e. The summed E-state index contributed by atoms with van der Waals surface area (Å²) in [5, 5.41) is 8.83. The van der Waals surface area contributed by atoms with Gasteiger partial charge in [0.25, 0.3) is 5.89 Å². The van der Waals surface area contributed by atoms with Gasteiger partial charge in [-0.1, -0.05) is 16.8 Å². The van der Waals surface area contributed by atoms with Gasteiger partial charge in [-0.3, -0.25) is 0 Å². The molecule has 4 rings (SSSR count). The second kappa shape index (κ2) is 5.55. The monoisotopic (exact) mass is 316 g/mol. The van der Waals surface area contributed by atoms with Crippen molar-refractivity contribution in [2.75, 3.05) is 13.2 Å². The molecule has 2 aromatic heterocycles. The molecule has 0 spiro atoms. The van der Waals surface area contributed by atoms with Crippen molar-refractivity contribution in [1.29, 1.82) is 0 Å². The van der Waals surface area contributed by atoms with Crippen LogP contribution in [-0.2, 0) is 4.74 Å². The third-order valence-electron chi connectivity index (χ3n) is 3.69. The maximum Gasteiger partial charge on any atom is 0.259 e. The standard InChI is InChI=1S/C15H13ClN4O2/c16-13-3-2-11(20-6-1-5-17-20)8-12(13)15-18-14(19-22-15)10-4-7-21-9-10/h1-3,5-6,8,10H,4,7,9H2/t10-/m1/s1. The second-order valence-corrected chi connectivity index (χ2v) is 5.54. The summed E-state index contributed by atoms with van der Waals surface area (Å²) < 4.78 is 12.5. The SMILES string of the molecule is Clc1ccc(-n2cccn2)cc1-c1nc([C@@H]2CCOC2)no1. The molecule has 1 fully saturated rings. The molecule has 3 heterocycles. The number of hydrogen-bond donors (Lipinski definition) is 0. The topological polar surface area (TPSA) is 66.0 Å². The predicted octanol–water partition coefficient (Wildman–Crippen LogP) is 3.08. The average molecular weight is 317 g/mol. The summed E-state index contributed by atoms with van der Waals surface area (Å²) in [6.45, 7) is 1.38. The average Bonchev–Trinajstić information content (AvgIpc) is 3.28. The van der Waals surface area contributed by atoms with Crippen LogP contribution in [0.15, 0.2) is 41.2 Å². The van der Waals surface area contributed by atoms with Gasteiger partial charge < -0.3 is 9.26 Å². The fourth-order valence-corrected chi connectivity index (χ4v) is 2.69. The minimum Gasteiger partial charge on any atom is -0.381 e. The molecule has 0 saturated carbocycles. The van der Waals surface area contributed by atoms with E-state index in [1.165, 1.54) is 0 Å². The van der Waals surface area contributed by atoms with E-state index < -0.39 is 0 Å². The molecule has 0 unspecified atom stereocenters. The van der Waals surface area contributed by atoms with Gasteiger partial charge in [0.15, 0.2) is 5.82 Å². The summed E-state index contributed by atoms with van der Waals surface area (Å²) in [5.74, 6) is 1.29. The molecule has 7 heteroatoms. The van der Waals surface area contributed by atoms with Crippen molar-refractivity contribution in [1.82, 2.24) is 19.9 Å². The zero-order valence-corrected chi connectivity index (χ0v) is 12.4. The number of halogens is 1. The third kappa shape index (κ3) is 2.40. The van der Waals surface area contributed by atoms with Crippen LogP contribution in [0.25, 0.3) is 17.1 Å². The number of benzene rings is 1. The molecule has 1 aliphatic heterocycles. The summed E-state index contributed by atoms with van der Waals surface area (Å²) in [5.41, 5.74) is 1.58. The fourth-order valence-electron chi connectivity index (χ4n) is 2.49. The highest BCUT2D eigenvalue weighted by Gasteiger charge is 2.24. The van der Waals surface area contributed by atoms with Gasteiger partial charge in [-0.05, 0) is 30.7 Å². The summed E-state index contributed by atoms with van der Waals surface area (Å²) >= 11 is 6.28. The fraction of sp³-hybridized carbons (Fsp3) is 0.267. The van der Waals surface area contributed by atoms with Gasteiger partial charge in [0.2, 0.25) is 0 Å². The quantitative estimate of drug-likeness (QED) is 0.743. The zero-order valence-electron chi connectivity index (χ0n) is 11.6. The molecule has 0 radical (unpaired) electrons. The van der Waals surface area contributed by atoms with Gasteiger partial charge in [0.1, 0.15) is 0 Å². The van der Waals surface area contributed by atoms with Crippen LogP contribution < -0.4 is 0 Å². The molecule has 1 atom stereocenters. The van der Waals surface area contributed by atoms with Crippen molar-refractivity contribution in [3.63, 3.8) is 0 Å². The van der Waals surface area contributed by atoms with Crippen LogP contribution in [0.3, 0.4) is 0 Å². The first kappa shape index (κ1) is 13.5. The van der Waals surface area contributed by atoms with E-state index in [-0.39, 0.29) is 5.92 Å². The van der Waals surface area contributed by atoms with Gasteiger partial charge in [-0.25, -0.2) is 4.68 Å². The first-order valence-corrected chi connectivity index (χ1v) is 7.40. The van der Waals surface area contributed by atoms with Crippen LogP contribution in [0.2, 0.25) is 5.02 Å². The largest absolute Gasteiger partial charge is 0.381 e. The van der Waals surface area contributed by atoms with Crippen LogP contribution in [0.5, 0.6) is 0 Å². The Hall–Kier alpha value is -2.18. The lowest BCUT2D eigenvalue weighted by Gasteiger charge is -2.04. The number of rotatable bonds is 3. The van der Waals surface area contributed by atoms with Crippen molar-refractivity contribution in [2.24, 2.45) is 0 Å². The van der Waals surface area contributed by atoms with Gasteiger partial charge >= 0.3 is 0 Å². The van der Waals surface area contributed by atoms with E-state index in [9.17, 15) is 0 Å². The number of ether oxygens (including phenoxy) is 1. The van der Waals surface area contributed by atoms with E-state index in [4.69, 9.17) is 20.9 Å². The maximum atomic E-state index is 6.28. The Balaban J connectivity index is 1.71. The molecule has 0 amide bonds. The minimum absolute atomic E-state index is 0.200. The molecule has 0 N–H and O–H groups in total. The van der Waals surface area contributed by atoms with Gasteiger partial charge in [0, 0.05) is 24.9 Å². The molecule has 0 bridgehead atoms. The van der Waals surface area contributed by atoms with Crippen LogP contribution in [0.4, 0.5) is 0 Å². The van der Waals surface area contributed by atoms with E-state index in [1.807, 2.05) is 24.4 Å². The Labute approximate surface area is 131 Å². The molecule has 1 aliphatic rings. The van der Waals surface area contributed by atoms with E-state index in [0.717, 1.165) is 18.7 Å². The van der Waals surface area contributed by atoms with Crippen LogP contribution in [-0.4, -0.2) is 33.1 Å². The Morgan fingerprint density at radius 2 is 2.27 bits per heavy atom. The lowest BCUT2D eigenvalue weighted by molar-refractivity contribution is 0.192. The number of aromatic nitrogens is 4. The van der Waals surface area contributed by atoms with Crippen molar-refractivity contribution in [3.8, 4) is 17.1 Å². The normalized spacial score (nSPS) is 18.0. The van der Waals surface area contributed by atoms with Crippen molar-refractivity contribution < 1.29 is 9.26 Å². The molecule has 6 nitrogen and oxygen atoms in total. The van der Waals surface area contributed by atoms with E-state index in [0.29, 0.717) is 28.9 Å². The molecule has 0 aliphatic carbocycles. The summed E-state index contributed by atoms with van der Waals surface area (Å²) in [7, 11) is 0. The maximum absolute atomic E-state index is 6.28. The van der Waals surface area contributed by atoms with E-state index in [2.05, 4.69) is 15.2 Å². The Kier molecular flexibility index (Phi) is 3.40. The summed E-state index contributed by atoms with van der Waals surface area (Å²) in [6, 6.07) is 7.44. The Morgan fingerprint density at radius 3 is 3.05 bits per heavy atom. The molecule has 22 heavy (non-hydrogen) atoms. The van der Waals surface area contributed by atoms with Crippen LogP contribution >= 0.6 is 11.6 Å². The van der Waals surface area contributed by atoms with Gasteiger partial charge in [0.05, 0.1) is 22.9 Å². The molecular weight excluding hydrogens is 304 g/mol. The Morgan fingerprint density at radius 1 is 1.32 bits per heavy atom. The van der Waals surface area contributed by atoms with Gasteiger partial charge in [-0.15, -0.1) is 0 Å². The van der Waals surface area contributed by atoms with Crippen molar-refractivity contribution in [3.05, 3.63) is 47.5 Å². The summed E-state index contributed by atoms with van der Waals surface area (Å²) in [6.07, 6.45) is 4.50. The van der Waals surface area contributed by atoms with E-state index >= 15 is 0 Å².